The molecule has 1 aromatic carbocycles. The van der Waals surface area contributed by atoms with Crippen molar-refractivity contribution in [2.75, 3.05) is 5.32 Å². The zero-order valence-corrected chi connectivity index (χ0v) is 12.8. The summed E-state index contributed by atoms with van der Waals surface area (Å²) in [6.45, 7) is 3.96. The van der Waals surface area contributed by atoms with Gasteiger partial charge in [-0.25, -0.2) is 4.68 Å². The van der Waals surface area contributed by atoms with Gasteiger partial charge >= 0.3 is 0 Å². The average Bonchev–Trinajstić information content (AvgIpc) is 2.99. The van der Waals surface area contributed by atoms with E-state index in [1.165, 1.54) is 0 Å². The van der Waals surface area contributed by atoms with Crippen LogP contribution in [0.4, 0.5) is 5.69 Å². The summed E-state index contributed by atoms with van der Waals surface area (Å²) in [5.41, 5.74) is 7.18. The van der Waals surface area contributed by atoms with Crippen molar-refractivity contribution >= 4 is 23.2 Å². The second-order valence-corrected chi connectivity index (χ2v) is 5.39. The molecule has 21 heavy (non-hydrogen) atoms. The molecule has 5 nitrogen and oxygen atoms in total. The van der Waals surface area contributed by atoms with Crippen LogP contribution in [0.3, 0.4) is 0 Å². The van der Waals surface area contributed by atoms with Gasteiger partial charge in [-0.2, -0.15) is 5.10 Å². The van der Waals surface area contributed by atoms with Gasteiger partial charge in [-0.1, -0.05) is 37.9 Å². The van der Waals surface area contributed by atoms with E-state index >= 15 is 0 Å². The van der Waals surface area contributed by atoms with Gasteiger partial charge < -0.3 is 11.1 Å². The summed E-state index contributed by atoms with van der Waals surface area (Å²) in [5.74, 6) is -0.114. The molecule has 0 aliphatic carbocycles. The summed E-state index contributed by atoms with van der Waals surface area (Å²) in [6, 6.07) is 6.55. The Morgan fingerprint density at radius 2 is 2.24 bits per heavy atom. The van der Waals surface area contributed by atoms with Gasteiger partial charge in [0.25, 0.3) is 0 Å². The Hall–Kier alpha value is -1.85. The molecule has 0 unspecified atom stereocenters. The number of rotatable bonds is 5. The number of hydrogen-bond acceptors (Lipinski definition) is 3. The van der Waals surface area contributed by atoms with E-state index in [0.29, 0.717) is 16.4 Å². The first-order valence-corrected chi connectivity index (χ1v) is 7.27. The number of nitrogens with zero attached hydrogens (tertiary/aromatic N) is 2. The third kappa shape index (κ3) is 3.43. The average molecular weight is 307 g/mol. The van der Waals surface area contributed by atoms with Gasteiger partial charge in [0.15, 0.2) is 0 Å². The van der Waals surface area contributed by atoms with Gasteiger partial charge in [-0.3, -0.25) is 4.79 Å². The summed E-state index contributed by atoms with van der Waals surface area (Å²) in [7, 11) is 0. The summed E-state index contributed by atoms with van der Waals surface area (Å²) in [4.78, 5) is 12.2. The van der Waals surface area contributed by atoms with Gasteiger partial charge in [0.1, 0.15) is 5.69 Å². The SMILES string of the molecule is CC[C@H](C)[C@H](N)C(=O)Nc1cccc(Cl)c1-n1cccn1. The zero-order chi connectivity index (χ0) is 15.4. The van der Waals surface area contributed by atoms with E-state index in [0.717, 1.165) is 6.42 Å². The number of benzene rings is 1. The molecule has 0 aliphatic heterocycles. The molecule has 0 bridgehead atoms. The van der Waals surface area contributed by atoms with Crippen LogP contribution in [0.5, 0.6) is 0 Å². The van der Waals surface area contributed by atoms with E-state index in [1.807, 2.05) is 13.8 Å². The highest BCUT2D eigenvalue weighted by Crippen LogP contribution is 2.28. The molecule has 0 aliphatic rings. The predicted molar refractivity (Wildman–Crippen MR) is 84.6 cm³/mol. The number of aromatic nitrogens is 2. The number of halogens is 1. The Morgan fingerprint density at radius 1 is 1.48 bits per heavy atom. The molecule has 0 radical (unpaired) electrons. The minimum atomic E-state index is -0.556. The first-order valence-electron chi connectivity index (χ1n) is 6.89. The van der Waals surface area contributed by atoms with Crippen molar-refractivity contribution in [2.24, 2.45) is 11.7 Å². The number of carbonyl (C=O) groups is 1. The van der Waals surface area contributed by atoms with Gasteiger partial charge in [0.2, 0.25) is 5.91 Å². The molecule has 2 aromatic rings. The standard InChI is InChI=1S/C15H19ClN4O/c1-3-10(2)13(17)15(21)19-12-7-4-6-11(16)14(12)20-9-5-8-18-20/h4-10,13H,3,17H2,1-2H3,(H,19,21)/t10-,13-/m0/s1. The van der Waals surface area contributed by atoms with Crippen LogP contribution in [0.25, 0.3) is 5.69 Å². The molecule has 0 saturated heterocycles. The van der Waals surface area contributed by atoms with Crippen molar-refractivity contribution in [3.8, 4) is 5.69 Å². The molecule has 0 fully saturated rings. The lowest BCUT2D eigenvalue weighted by Crippen LogP contribution is -2.40. The topological polar surface area (TPSA) is 72.9 Å². The number of para-hydroxylation sites is 1. The van der Waals surface area contributed by atoms with Crippen LogP contribution >= 0.6 is 11.6 Å². The summed E-state index contributed by atoms with van der Waals surface area (Å²) >= 11 is 6.23. The van der Waals surface area contributed by atoms with Crippen LogP contribution in [-0.2, 0) is 4.79 Å². The quantitative estimate of drug-likeness (QED) is 0.892. The van der Waals surface area contributed by atoms with Crippen molar-refractivity contribution in [3.63, 3.8) is 0 Å². The molecule has 2 atom stereocenters. The van der Waals surface area contributed by atoms with E-state index < -0.39 is 6.04 Å². The molecule has 0 saturated carbocycles. The first-order chi connectivity index (χ1) is 10.0. The fourth-order valence-corrected chi connectivity index (χ4v) is 2.24. The number of nitrogens with two attached hydrogens (primary N) is 1. The van der Waals surface area contributed by atoms with Crippen LogP contribution in [0, 0.1) is 5.92 Å². The number of anilines is 1. The minimum absolute atomic E-state index is 0.109. The van der Waals surface area contributed by atoms with Crippen LogP contribution < -0.4 is 11.1 Å². The third-order valence-electron chi connectivity index (χ3n) is 3.54. The van der Waals surface area contributed by atoms with E-state index in [2.05, 4.69) is 10.4 Å². The molecule has 3 N–H and O–H groups in total. The molecule has 112 valence electrons. The number of amides is 1. The summed E-state index contributed by atoms with van der Waals surface area (Å²) < 4.78 is 1.62. The Morgan fingerprint density at radius 3 is 2.86 bits per heavy atom. The molecule has 1 amide bonds. The zero-order valence-electron chi connectivity index (χ0n) is 12.1. The van der Waals surface area contributed by atoms with Gasteiger partial charge in [-0.05, 0) is 24.1 Å². The summed E-state index contributed by atoms with van der Waals surface area (Å²) in [5, 5.41) is 7.51. The van der Waals surface area contributed by atoms with E-state index in [-0.39, 0.29) is 11.8 Å². The fourth-order valence-electron chi connectivity index (χ4n) is 1.98. The molecule has 1 aromatic heterocycles. The van der Waals surface area contributed by atoms with Crippen LogP contribution in [0.15, 0.2) is 36.7 Å². The number of nitrogens with one attached hydrogen (secondary N) is 1. The highest BCUT2D eigenvalue weighted by Gasteiger charge is 2.21. The van der Waals surface area contributed by atoms with Crippen molar-refractivity contribution in [1.29, 1.82) is 0 Å². The molecule has 2 rings (SSSR count). The maximum Gasteiger partial charge on any atom is 0.241 e. The normalized spacial score (nSPS) is 13.7. The molecule has 0 spiro atoms. The Labute approximate surface area is 129 Å². The maximum absolute atomic E-state index is 12.2. The smallest absolute Gasteiger partial charge is 0.241 e. The minimum Gasteiger partial charge on any atom is -0.323 e. The molecule has 6 heteroatoms. The maximum atomic E-state index is 12.2. The Kier molecular flexibility index (Phi) is 4.98. The Bertz CT molecular complexity index is 612. The first kappa shape index (κ1) is 15.5. The van der Waals surface area contributed by atoms with Gasteiger partial charge in [0, 0.05) is 12.4 Å². The summed E-state index contributed by atoms with van der Waals surface area (Å²) in [6.07, 6.45) is 4.27. The Balaban J connectivity index is 2.29. The van der Waals surface area contributed by atoms with E-state index in [4.69, 9.17) is 17.3 Å². The molecular weight excluding hydrogens is 288 g/mol. The third-order valence-corrected chi connectivity index (χ3v) is 3.84. The lowest BCUT2D eigenvalue weighted by atomic mass is 9.99. The second-order valence-electron chi connectivity index (χ2n) is 4.99. The second kappa shape index (κ2) is 6.74. The largest absolute Gasteiger partial charge is 0.323 e. The monoisotopic (exact) mass is 306 g/mol. The highest BCUT2D eigenvalue weighted by atomic mass is 35.5. The van der Waals surface area contributed by atoms with Crippen molar-refractivity contribution in [3.05, 3.63) is 41.7 Å². The van der Waals surface area contributed by atoms with Crippen molar-refractivity contribution in [1.82, 2.24) is 9.78 Å². The fraction of sp³-hybridized carbons (Fsp3) is 0.333. The molecular formula is C15H19ClN4O. The van der Waals surface area contributed by atoms with E-state index in [1.54, 1.807) is 41.3 Å². The van der Waals surface area contributed by atoms with Crippen LogP contribution in [0.2, 0.25) is 5.02 Å². The van der Waals surface area contributed by atoms with Gasteiger partial charge in [-0.15, -0.1) is 0 Å². The lowest BCUT2D eigenvalue weighted by Gasteiger charge is -2.19. The lowest BCUT2D eigenvalue weighted by molar-refractivity contribution is -0.118. The highest BCUT2D eigenvalue weighted by molar-refractivity contribution is 6.33. The number of hydrogen-bond donors (Lipinski definition) is 2. The van der Waals surface area contributed by atoms with Crippen LogP contribution in [-0.4, -0.2) is 21.7 Å². The van der Waals surface area contributed by atoms with E-state index in [9.17, 15) is 4.79 Å². The predicted octanol–water partition coefficient (Wildman–Crippen LogP) is 2.84. The number of carbonyl (C=O) groups excluding carboxylic acids is 1. The molecule has 1 heterocycles. The van der Waals surface area contributed by atoms with Gasteiger partial charge in [0.05, 0.1) is 16.8 Å². The van der Waals surface area contributed by atoms with Crippen molar-refractivity contribution < 1.29 is 4.79 Å². The van der Waals surface area contributed by atoms with Crippen LogP contribution in [0.1, 0.15) is 20.3 Å². The van der Waals surface area contributed by atoms with Crippen molar-refractivity contribution in [2.45, 2.75) is 26.3 Å².